The van der Waals surface area contributed by atoms with Crippen LogP contribution in [0, 0.1) is 6.92 Å². The number of hydrogen-bond acceptors (Lipinski definition) is 4. The minimum atomic E-state index is -1.16. The lowest BCUT2D eigenvalue weighted by molar-refractivity contribution is 0.0682. The molecule has 2 rings (SSSR count). The Morgan fingerprint density at radius 3 is 2.53 bits per heavy atom. The van der Waals surface area contributed by atoms with Gasteiger partial charge in [-0.2, -0.15) is 4.98 Å². The number of carboxylic acids is 1. The molecule has 0 atom stereocenters. The predicted molar refractivity (Wildman–Crippen MR) is 69.5 cm³/mol. The van der Waals surface area contributed by atoms with Gasteiger partial charge < -0.3 is 9.84 Å². The van der Waals surface area contributed by atoms with E-state index in [4.69, 9.17) is 9.84 Å². The maximum Gasteiger partial charge on any atom is 0.374 e. The number of benzene rings is 1. The highest BCUT2D eigenvalue weighted by molar-refractivity contribution is 5.83. The largest absolute Gasteiger partial charge is 0.481 e. The third kappa shape index (κ3) is 3.28. The Hall–Kier alpha value is -2.43. The number of rotatable bonds is 4. The van der Waals surface area contributed by atoms with Crippen molar-refractivity contribution in [1.82, 2.24) is 9.97 Å². The normalized spacial score (nSPS) is 10.2. The second-order valence-electron chi connectivity index (χ2n) is 4.19. The number of aryl methyl sites for hydroxylation is 1. The van der Waals surface area contributed by atoms with Crippen LogP contribution < -0.4 is 4.74 Å². The highest BCUT2D eigenvalue weighted by Gasteiger charge is 2.11. The summed E-state index contributed by atoms with van der Waals surface area (Å²) in [6.45, 7) is 2.01. The van der Waals surface area contributed by atoms with Crippen molar-refractivity contribution in [2.45, 2.75) is 13.3 Å². The lowest BCUT2D eigenvalue weighted by Gasteiger charge is -2.05. The molecular formula is C14H14N2O3. The number of aromatic carboxylic acids is 1. The average molecular weight is 258 g/mol. The molecule has 0 saturated heterocycles. The Morgan fingerprint density at radius 1 is 1.26 bits per heavy atom. The highest BCUT2D eigenvalue weighted by atomic mass is 16.5. The molecule has 19 heavy (non-hydrogen) atoms. The molecule has 0 unspecified atom stereocenters. The molecule has 0 bridgehead atoms. The predicted octanol–water partition coefficient (Wildman–Crippen LogP) is 2.08. The molecule has 0 aliphatic rings. The monoisotopic (exact) mass is 258 g/mol. The van der Waals surface area contributed by atoms with Crippen LogP contribution >= 0.6 is 0 Å². The lowest BCUT2D eigenvalue weighted by atomic mass is 10.1. The minimum Gasteiger partial charge on any atom is -0.481 e. The number of ether oxygens (including phenoxy) is 1. The molecule has 0 radical (unpaired) electrons. The highest BCUT2D eigenvalue weighted by Crippen LogP contribution is 2.14. The van der Waals surface area contributed by atoms with Crippen LogP contribution in [0.4, 0.5) is 0 Å². The van der Waals surface area contributed by atoms with Crippen LogP contribution in [0.15, 0.2) is 30.3 Å². The van der Waals surface area contributed by atoms with E-state index in [1.54, 1.807) is 6.07 Å². The first-order valence-electron chi connectivity index (χ1n) is 5.79. The topological polar surface area (TPSA) is 72.3 Å². The molecule has 1 heterocycles. The van der Waals surface area contributed by atoms with Crippen molar-refractivity contribution in [2.24, 2.45) is 0 Å². The van der Waals surface area contributed by atoms with Gasteiger partial charge in [0.05, 0.1) is 12.8 Å². The number of aromatic nitrogens is 2. The first kappa shape index (κ1) is 13.0. The van der Waals surface area contributed by atoms with E-state index in [1.165, 1.54) is 12.7 Å². The SMILES string of the molecule is COc1cc(Cc2ccc(C)cc2)nc(C(=O)O)n1. The number of hydrogen-bond donors (Lipinski definition) is 1. The van der Waals surface area contributed by atoms with Gasteiger partial charge in [-0.3, -0.25) is 0 Å². The van der Waals surface area contributed by atoms with Crippen molar-refractivity contribution in [3.63, 3.8) is 0 Å². The van der Waals surface area contributed by atoms with E-state index in [-0.39, 0.29) is 11.7 Å². The summed E-state index contributed by atoms with van der Waals surface area (Å²) >= 11 is 0. The van der Waals surface area contributed by atoms with E-state index in [0.29, 0.717) is 12.1 Å². The van der Waals surface area contributed by atoms with Gasteiger partial charge in [-0.1, -0.05) is 29.8 Å². The van der Waals surface area contributed by atoms with Crippen molar-refractivity contribution in [2.75, 3.05) is 7.11 Å². The molecule has 0 amide bonds. The van der Waals surface area contributed by atoms with Gasteiger partial charge in [-0.15, -0.1) is 0 Å². The van der Waals surface area contributed by atoms with Gasteiger partial charge >= 0.3 is 5.97 Å². The summed E-state index contributed by atoms with van der Waals surface area (Å²) in [4.78, 5) is 18.7. The molecule has 0 aliphatic heterocycles. The summed E-state index contributed by atoms with van der Waals surface area (Å²) in [6, 6.07) is 9.64. The van der Waals surface area contributed by atoms with Gasteiger partial charge in [0, 0.05) is 12.5 Å². The zero-order chi connectivity index (χ0) is 13.8. The fourth-order valence-corrected chi connectivity index (χ4v) is 1.68. The first-order chi connectivity index (χ1) is 9.08. The van der Waals surface area contributed by atoms with Crippen molar-refractivity contribution in [1.29, 1.82) is 0 Å². The summed E-state index contributed by atoms with van der Waals surface area (Å²) in [5.74, 6) is -1.15. The quantitative estimate of drug-likeness (QED) is 0.909. The second-order valence-corrected chi connectivity index (χ2v) is 4.19. The molecule has 1 N–H and O–H groups in total. The van der Waals surface area contributed by atoms with Gasteiger partial charge in [-0.25, -0.2) is 9.78 Å². The molecule has 5 nitrogen and oxygen atoms in total. The van der Waals surface area contributed by atoms with E-state index in [9.17, 15) is 4.79 Å². The Kier molecular flexibility index (Phi) is 3.75. The molecule has 1 aromatic heterocycles. The van der Waals surface area contributed by atoms with E-state index in [1.807, 2.05) is 31.2 Å². The lowest BCUT2D eigenvalue weighted by Crippen LogP contribution is -2.08. The van der Waals surface area contributed by atoms with Crippen LogP contribution in [0.3, 0.4) is 0 Å². The third-order valence-corrected chi connectivity index (χ3v) is 2.66. The molecule has 2 aromatic rings. The van der Waals surface area contributed by atoms with Crippen LogP contribution in [0.2, 0.25) is 0 Å². The molecule has 98 valence electrons. The average Bonchev–Trinajstić information content (AvgIpc) is 2.41. The summed E-state index contributed by atoms with van der Waals surface area (Å²) in [5.41, 5.74) is 2.85. The van der Waals surface area contributed by atoms with Gasteiger partial charge in [0.15, 0.2) is 0 Å². The smallest absolute Gasteiger partial charge is 0.374 e. The van der Waals surface area contributed by atoms with Crippen molar-refractivity contribution < 1.29 is 14.6 Å². The molecule has 0 spiro atoms. The first-order valence-corrected chi connectivity index (χ1v) is 5.79. The van der Waals surface area contributed by atoms with Crippen LogP contribution in [-0.2, 0) is 6.42 Å². The molecule has 0 saturated carbocycles. The zero-order valence-electron chi connectivity index (χ0n) is 10.8. The van der Waals surface area contributed by atoms with E-state index >= 15 is 0 Å². The Morgan fingerprint density at radius 2 is 1.95 bits per heavy atom. The molecule has 5 heteroatoms. The van der Waals surface area contributed by atoms with Gasteiger partial charge in [0.25, 0.3) is 0 Å². The maximum atomic E-state index is 10.9. The van der Waals surface area contributed by atoms with E-state index < -0.39 is 5.97 Å². The Bertz CT molecular complexity index is 594. The summed E-state index contributed by atoms with van der Waals surface area (Å²) in [5, 5.41) is 8.95. The minimum absolute atomic E-state index is 0.249. The fourth-order valence-electron chi connectivity index (χ4n) is 1.68. The van der Waals surface area contributed by atoms with Crippen LogP contribution in [0.1, 0.15) is 27.4 Å². The van der Waals surface area contributed by atoms with Crippen molar-refractivity contribution in [3.05, 3.63) is 53.0 Å². The standard InChI is InChI=1S/C14H14N2O3/c1-9-3-5-10(6-4-9)7-11-8-12(19-2)16-13(15-11)14(17)18/h3-6,8H,7H2,1-2H3,(H,17,18). The van der Waals surface area contributed by atoms with Gasteiger partial charge in [-0.05, 0) is 12.5 Å². The van der Waals surface area contributed by atoms with E-state index in [2.05, 4.69) is 9.97 Å². The zero-order valence-corrected chi connectivity index (χ0v) is 10.8. The molecule has 0 aliphatic carbocycles. The second kappa shape index (κ2) is 5.48. The summed E-state index contributed by atoms with van der Waals surface area (Å²) < 4.78 is 4.99. The number of nitrogens with zero attached hydrogens (tertiary/aromatic N) is 2. The molecule has 1 aromatic carbocycles. The number of carbonyl (C=O) groups is 1. The maximum absolute atomic E-state index is 10.9. The van der Waals surface area contributed by atoms with Crippen LogP contribution in [0.5, 0.6) is 5.88 Å². The Labute approximate surface area is 110 Å². The number of carboxylic acid groups (broad SMARTS) is 1. The van der Waals surface area contributed by atoms with Gasteiger partial charge in [0.2, 0.25) is 11.7 Å². The van der Waals surface area contributed by atoms with Crippen molar-refractivity contribution >= 4 is 5.97 Å². The molecular weight excluding hydrogens is 244 g/mol. The molecule has 0 fully saturated rings. The van der Waals surface area contributed by atoms with Crippen molar-refractivity contribution in [3.8, 4) is 5.88 Å². The van der Waals surface area contributed by atoms with E-state index in [0.717, 1.165) is 5.56 Å². The van der Waals surface area contributed by atoms with Crippen LogP contribution in [-0.4, -0.2) is 28.2 Å². The Balaban J connectivity index is 2.31. The summed E-state index contributed by atoms with van der Waals surface area (Å²) in [6.07, 6.45) is 0.541. The van der Waals surface area contributed by atoms with Gasteiger partial charge in [0.1, 0.15) is 0 Å². The third-order valence-electron chi connectivity index (χ3n) is 2.66. The fraction of sp³-hybridized carbons (Fsp3) is 0.214. The van der Waals surface area contributed by atoms with Crippen LogP contribution in [0.25, 0.3) is 0 Å². The summed E-state index contributed by atoms with van der Waals surface area (Å²) in [7, 11) is 1.45. The number of methoxy groups -OCH3 is 1.